The minimum atomic E-state index is -4.64. The molecule has 6 rings (SSSR count). The zero-order valence-corrected chi connectivity index (χ0v) is 30.2. The van der Waals surface area contributed by atoms with Gasteiger partial charge in [0.1, 0.15) is 12.4 Å². The van der Waals surface area contributed by atoms with Crippen molar-refractivity contribution in [3.63, 3.8) is 0 Å². The van der Waals surface area contributed by atoms with Crippen molar-refractivity contribution < 1.29 is 27.4 Å². The van der Waals surface area contributed by atoms with E-state index in [1.807, 2.05) is 18.0 Å². The van der Waals surface area contributed by atoms with Gasteiger partial charge >= 0.3 is 12.2 Å². The highest BCUT2D eigenvalue weighted by Gasteiger charge is 2.39. The molecule has 0 spiro atoms. The van der Waals surface area contributed by atoms with Crippen molar-refractivity contribution in [3.8, 4) is 12.1 Å². The number of aromatic nitrogens is 2. The van der Waals surface area contributed by atoms with Gasteiger partial charge in [0.25, 0.3) is 0 Å². The first-order valence-corrected chi connectivity index (χ1v) is 18.1. The SMILES string of the molecule is CN1CCCC(=S)[C@H]1COc1nc2c(c(N3CCN(C(=O)/C=C/CN4CCOCC4)[C@@H](CC#N)C3)n1)CCN(c1cccc(Cl)c1C(F)(F)F)C2. The van der Waals surface area contributed by atoms with Crippen LogP contribution in [0.2, 0.25) is 5.02 Å². The molecule has 1 aromatic heterocycles. The number of alkyl halides is 3. The Morgan fingerprint density at radius 3 is 2.69 bits per heavy atom. The Hall–Kier alpha value is -3.55. The third-order valence-corrected chi connectivity index (χ3v) is 10.8. The summed E-state index contributed by atoms with van der Waals surface area (Å²) < 4.78 is 54.1. The zero-order valence-electron chi connectivity index (χ0n) is 28.6. The summed E-state index contributed by atoms with van der Waals surface area (Å²) in [5.74, 6) is 0.455. The van der Waals surface area contributed by atoms with Gasteiger partial charge in [0.05, 0.1) is 66.3 Å². The van der Waals surface area contributed by atoms with E-state index < -0.39 is 17.8 Å². The molecule has 0 saturated carbocycles. The molecule has 2 atom stereocenters. The van der Waals surface area contributed by atoms with E-state index >= 15 is 0 Å². The van der Waals surface area contributed by atoms with Crippen LogP contribution in [0.5, 0.6) is 6.01 Å². The second-order valence-electron chi connectivity index (χ2n) is 13.2. The summed E-state index contributed by atoms with van der Waals surface area (Å²) in [6, 6.07) is 6.04. The van der Waals surface area contributed by atoms with E-state index in [2.05, 4.69) is 15.9 Å². The molecule has 2 aromatic rings. The van der Waals surface area contributed by atoms with Gasteiger partial charge in [-0.15, -0.1) is 0 Å². The molecule has 0 radical (unpaired) electrons. The van der Waals surface area contributed by atoms with Crippen LogP contribution in [0.15, 0.2) is 30.4 Å². The molecular weight excluding hydrogens is 705 g/mol. The van der Waals surface area contributed by atoms with Crippen LogP contribution in [-0.2, 0) is 28.7 Å². The van der Waals surface area contributed by atoms with Crippen LogP contribution in [0.3, 0.4) is 0 Å². The Kier molecular flexibility index (Phi) is 12.0. The summed E-state index contributed by atoms with van der Waals surface area (Å²) in [4.78, 5) is 33.6. The molecule has 0 bridgehead atoms. The topological polar surface area (TPSA) is 101 Å². The molecule has 274 valence electrons. The van der Waals surface area contributed by atoms with E-state index in [0.29, 0.717) is 57.3 Å². The number of ether oxygens (including phenoxy) is 2. The summed E-state index contributed by atoms with van der Waals surface area (Å²) in [5, 5.41) is 9.37. The van der Waals surface area contributed by atoms with Crippen molar-refractivity contribution in [2.45, 2.75) is 50.5 Å². The number of amides is 1. The van der Waals surface area contributed by atoms with Crippen LogP contribution in [-0.4, -0.2) is 127 Å². The second kappa shape index (κ2) is 16.4. The number of nitrogens with zero attached hydrogens (tertiary/aromatic N) is 8. The van der Waals surface area contributed by atoms with Gasteiger partial charge in [-0.1, -0.05) is 36.0 Å². The first kappa shape index (κ1) is 37.2. The lowest BCUT2D eigenvalue weighted by atomic mass is 10.0. The number of hydrogen-bond acceptors (Lipinski definition) is 11. The van der Waals surface area contributed by atoms with Crippen molar-refractivity contribution in [3.05, 3.63) is 52.2 Å². The molecule has 3 saturated heterocycles. The van der Waals surface area contributed by atoms with Gasteiger partial charge in [0.15, 0.2) is 0 Å². The van der Waals surface area contributed by atoms with E-state index in [9.17, 15) is 23.2 Å². The first-order chi connectivity index (χ1) is 24.5. The molecule has 0 aliphatic carbocycles. The molecule has 11 nitrogen and oxygen atoms in total. The fraction of sp³-hybridized carbons (Fsp3) is 0.571. The minimum Gasteiger partial charge on any atom is -0.461 e. The number of piperazine rings is 1. The van der Waals surface area contributed by atoms with Crippen LogP contribution >= 0.6 is 23.8 Å². The number of likely N-dealkylation sites (tertiary alicyclic amines) is 1. The number of carbonyl (C=O) groups excluding carboxylic acids is 1. The van der Waals surface area contributed by atoms with E-state index in [0.717, 1.165) is 42.9 Å². The number of piperidine rings is 1. The molecule has 4 aliphatic heterocycles. The quantitative estimate of drug-likeness (QED) is 0.270. The molecule has 16 heteroatoms. The number of benzene rings is 1. The highest BCUT2D eigenvalue weighted by Crippen LogP contribution is 2.43. The Bertz CT molecular complexity index is 1670. The van der Waals surface area contributed by atoms with Crippen molar-refractivity contribution in [1.82, 2.24) is 24.7 Å². The number of morpholine rings is 1. The third-order valence-electron chi connectivity index (χ3n) is 9.97. The van der Waals surface area contributed by atoms with Gasteiger partial charge in [-0.05, 0) is 45.0 Å². The molecule has 1 amide bonds. The zero-order chi connectivity index (χ0) is 36.1. The van der Waals surface area contributed by atoms with Crippen molar-refractivity contribution in [2.24, 2.45) is 0 Å². The highest BCUT2D eigenvalue weighted by atomic mass is 35.5. The number of anilines is 2. The lowest BCUT2D eigenvalue weighted by Crippen LogP contribution is -2.55. The number of rotatable bonds is 9. The number of carbonyl (C=O) groups is 1. The first-order valence-electron chi connectivity index (χ1n) is 17.3. The summed E-state index contributed by atoms with van der Waals surface area (Å²) >= 11 is 11.7. The second-order valence-corrected chi connectivity index (χ2v) is 14.2. The number of halogens is 4. The van der Waals surface area contributed by atoms with E-state index in [4.69, 9.17) is 43.3 Å². The van der Waals surface area contributed by atoms with Crippen LogP contribution in [0.1, 0.15) is 36.1 Å². The standard InChI is InChI=1S/C35H42ClF3N8O3S/c1-43-12-3-7-30(51)29(43)23-50-34-41-27-22-45(28-6-2-5-26(36)32(28)35(37,38)39)14-10-25(27)33(42-34)46-15-16-47(24(21-46)9-11-40)31(48)8-4-13-44-17-19-49-20-18-44/h2,4-6,8,24,29H,3,7,9-10,12-23H2,1H3/b8-4+/t24-,29+/m0/s1. The number of nitriles is 1. The highest BCUT2D eigenvalue weighted by molar-refractivity contribution is 7.80. The number of fused-ring (bicyclic) bond motifs is 1. The predicted octanol–water partition coefficient (Wildman–Crippen LogP) is 4.37. The summed E-state index contributed by atoms with van der Waals surface area (Å²) in [7, 11) is 1.99. The normalized spacial score (nSPS) is 22.3. The van der Waals surface area contributed by atoms with Crippen LogP contribution in [0.4, 0.5) is 24.7 Å². The van der Waals surface area contributed by atoms with Crippen molar-refractivity contribution >= 4 is 46.1 Å². The van der Waals surface area contributed by atoms with Gasteiger partial charge in [-0.3, -0.25) is 14.6 Å². The van der Waals surface area contributed by atoms with Gasteiger partial charge in [-0.2, -0.15) is 28.4 Å². The molecule has 0 N–H and O–H groups in total. The third kappa shape index (κ3) is 8.74. The Balaban J connectivity index is 1.26. The maximum absolute atomic E-state index is 14.2. The average molecular weight is 747 g/mol. The van der Waals surface area contributed by atoms with Crippen LogP contribution in [0, 0.1) is 11.3 Å². The predicted molar refractivity (Wildman–Crippen MR) is 191 cm³/mol. The largest absolute Gasteiger partial charge is 0.461 e. The summed E-state index contributed by atoms with van der Waals surface area (Å²) in [6.07, 6.45) is 1.10. The molecule has 3 fully saturated rings. The van der Waals surface area contributed by atoms with E-state index in [1.165, 1.54) is 18.2 Å². The van der Waals surface area contributed by atoms with Crippen molar-refractivity contribution in [2.75, 3.05) is 89.0 Å². The maximum Gasteiger partial charge on any atom is 0.419 e. The maximum atomic E-state index is 14.2. The molecule has 0 unspecified atom stereocenters. The fourth-order valence-corrected chi connectivity index (χ4v) is 7.89. The van der Waals surface area contributed by atoms with Gasteiger partial charge in [0, 0.05) is 62.3 Å². The Labute approximate surface area is 306 Å². The van der Waals surface area contributed by atoms with Crippen LogP contribution < -0.4 is 14.5 Å². The Morgan fingerprint density at radius 2 is 1.94 bits per heavy atom. The molecule has 51 heavy (non-hydrogen) atoms. The number of thiocarbonyl (C=S) groups is 1. The Morgan fingerprint density at radius 1 is 1.14 bits per heavy atom. The monoisotopic (exact) mass is 746 g/mol. The summed E-state index contributed by atoms with van der Waals surface area (Å²) in [5.41, 5.74) is 0.463. The van der Waals surface area contributed by atoms with Crippen molar-refractivity contribution in [1.29, 1.82) is 5.26 Å². The van der Waals surface area contributed by atoms with Gasteiger partial charge in [0.2, 0.25) is 5.91 Å². The molecule has 1 aromatic carbocycles. The van der Waals surface area contributed by atoms with Gasteiger partial charge in [-0.25, -0.2) is 0 Å². The minimum absolute atomic E-state index is 0.0136. The fourth-order valence-electron chi connectivity index (χ4n) is 7.22. The molecule has 5 heterocycles. The summed E-state index contributed by atoms with van der Waals surface area (Å²) in [6.45, 7) is 6.26. The number of likely N-dealkylation sites (N-methyl/N-ethyl adjacent to an activating group) is 1. The molecule has 4 aliphatic rings. The number of hydrogen-bond donors (Lipinski definition) is 0. The smallest absolute Gasteiger partial charge is 0.419 e. The average Bonchev–Trinajstić information content (AvgIpc) is 3.10. The van der Waals surface area contributed by atoms with Crippen LogP contribution in [0.25, 0.3) is 0 Å². The van der Waals surface area contributed by atoms with E-state index in [1.54, 1.807) is 15.9 Å². The molecular formula is C35H42ClF3N8O3S. The lowest BCUT2D eigenvalue weighted by Gasteiger charge is -2.42. The van der Waals surface area contributed by atoms with Gasteiger partial charge < -0.3 is 24.2 Å². The van der Waals surface area contributed by atoms with E-state index in [-0.39, 0.29) is 54.8 Å². The lowest BCUT2D eigenvalue weighted by molar-refractivity contribution is -0.137.